The summed E-state index contributed by atoms with van der Waals surface area (Å²) in [6.45, 7) is 1.47. The van der Waals surface area contributed by atoms with Crippen molar-refractivity contribution in [1.82, 2.24) is 14.6 Å². The van der Waals surface area contributed by atoms with E-state index < -0.39 is 5.97 Å². The van der Waals surface area contributed by atoms with Crippen LogP contribution < -0.4 is 10.9 Å². The second-order valence-corrected chi connectivity index (χ2v) is 4.04. The van der Waals surface area contributed by atoms with E-state index in [2.05, 4.69) is 15.4 Å². The van der Waals surface area contributed by atoms with E-state index in [0.29, 0.717) is 15.8 Å². The van der Waals surface area contributed by atoms with Gasteiger partial charge in [0.1, 0.15) is 6.54 Å². The molecular formula is C8H8N4O3S. The summed E-state index contributed by atoms with van der Waals surface area (Å²) in [5.41, 5.74) is 0.334. The van der Waals surface area contributed by atoms with Crippen LogP contribution in [0.4, 0.5) is 5.13 Å². The van der Waals surface area contributed by atoms with Crippen molar-refractivity contribution in [3.05, 3.63) is 22.1 Å². The molecular weight excluding hydrogens is 232 g/mol. The van der Waals surface area contributed by atoms with Crippen molar-refractivity contribution in [2.24, 2.45) is 0 Å². The molecule has 2 N–H and O–H groups in total. The van der Waals surface area contributed by atoms with E-state index >= 15 is 0 Å². The molecule has 0 radical (unpaired) electrons. The van der Waals surface area contributed by atoms with Crippen LogP contribution in [0.5, 0.6) is 0 Å². The summed E-state index contributed by atoms with van der Waals surface area (Å²) in [6, 6.07) is 1.37. The van der Waals surface area contributed by atoms with Crippen LogP contribution in [0.25, 0.3) is 4.96 Å². The molecule has 0 saturated carbocycles. The highest BCUT2D eigenvalue weighted by Crippen LogP contribution is 2.15. The van der Waals surface area contributed by atoms with Crippen molar-refractivity contribution < 1.29 is 9.90 Å². The lowest BCUT2D eigenvalue weighted by atomic mass is 10.5. The van der Waals surface area contributed by atoms with Crippen LogP contribution in [-0.4, -0.2) is 32.2 Å². The fourth-order valence-corrected chi connectivity index (χ4v) is 1.99. The predicted octanol–water partition coefficient (Wildman–Crippen LogP) is -0.0441. The summed E-state index contributed by atoms with van der Waals surface area (Å²) in [7, 11) is 0. The normalized spacial score (nSPS) is 10.6. The van der Waals surface area contributed by atoms with Gasteiger partial charge in [0, 0.05) is 11.8 Å². The fraction of sp³-hybridized carbons (Fsp3) is 0.250. The Morgan fingerprint density at radius 2 is 2.44 bits per heavy atom. The van der Waals surface area contributed by atoms with Gasteiger partial charge in [-0.3, -0.25) is 9.59 Å². The third kappa shape index (κ3) is 2.01. The Kier molecular flexibility index (Phi) is 2.57. The molecule has 16 heavy (non-hydrogen) atoms. The molecule has 7 nitrogen and oxygen atoms in total. The third-order valence-corrected chi connectivity index (χ3v) is 2.63. The third-order valence-electron chi connectivity index (χ3n) is 1.76. The molecule has 84 valence electrons. The summed E-state index contributed by atoms with van der Waals surface area (Å²) in [5.74, 6) is -0.990. The van der Waals surface area contributed by atoms with Crippen LogP contribution in [0.15, 0.2) is 10.9 Å². The smallest absolute Gasteiger partial charge is 0.322 e. The van der Waals surface area contributed by atoms with Crippen molar-refractivity contribution in [2.75, 3.05) is 11.9 Å². The molecule has 0 unspecified atom stereocenters. The topological polar surface area (TPSA) is 96.6 Å². The number of aromatic nitrogens is 3. The Hall–Kier alpha value is -1.96. The Bertz CT molecular complexity index is 603. The largest absolute Gasteiger partial charge is 0.480 e. The first kappa shape index (κ1) is 10.6. The molecule has 0 atom stereocenters. The van der Waals surface area contributed by atoms with Crippen molar-refractivity contribution in [3.8, 4) is 0 Å². The molecule has 0 aliphatic carbocycles. The van der Waals surface area contributed by atoms with Gasteiger partial charge in [-0.25, -0.2) is 4.98 Å². The van der Waals surface area contributed by atoms with Gasteiger partial charge in [-0.15, -0.1) is 5.10 Å². The van der Waals surface area contributed by atoms with Crippen LogP contribution in [-0.2, 0) is 4.79 Å². The Morgan fingerprint density at radius 1 is 1.69 bits per heavy atom. The highest BCUT2D eigenvalue weighted by molar-refractivity contribution is 7.20. The van der Waals surface area contributed by atoms with Gasteiger partial charge < -0.3 is 10.4 Å². The summed E-state index contributed by atoms with van der Waals surface area (Å²) in [6.07, 6.45) is 0. The van der Waals surface area contributed by atoms with Crippen LogP contribution in [0.2, 0.25) is 0 Å². The lowest BCUT2D eigenvalue weighted by Crippen LogP contribution is -2.15. The SMILES string of the molecule is Cc1cc(=O)n2nc(NCC(=O)O)sc2n1. The second kappa shape index (κ2) is 3.89. The molecule has 0 aliphatic rings. The molecule has 0 spiro atoms. The quantitative estimate of drug-likeness (QED) is 0.781. The number of rotatable bonds is 3. The number of hydrogen-bond acceptors (Lipinski definition) is 6. The van der Waals surface area contributed by atoms with E-state index in [4.69, 9.17) is 5.11 Å². The van der Waals surface area contributed by atoms with Gasteiger partial charge in [-0.1, -0.05) is 11.3 Å². The molecule has 0 saturated heterocycles. The molecule has 0 bridgehead atoms. The number of fused-ring (bicyclic) bond motifs is 1. The van der Waals surface area contributed by atoms with Crippen molar-refractivity contribution in [2.45, 2.75) is 6.92 Å². The van der Waals surface area contributed by atoms with Crippen LogP contribution in [0.3, 0.4) is 0 Å². The van der Waals surface area contributed by atoms with Gasteiger partial charge in [0.25, 0.3) is 5.56 Å². The second-order valence-electron chi connectivity index (χ2n) is 3.08. The van der Waals surface area contributed by atoms with Gasteiger partial charge in [0.2, 0.25) is 10.1 Å². The average Bonchev–Trinajstić information content (AvgIpc) is 2.57. The number of nitrogens with zero attached hydrogens (tertiary/aromatic N) is 3. The number of aliphatic carboxylic acids is 1. The van der Waals surface area contributed by atoms with Crippen molar-refractivity contribution >= 4 is 27.4 Å². The van der Waals surface area contributed by atoms with Gasteiger partial charge in [-0.05, 0) is 6.92 Å². The van der Waals surface area contributed by atoms with E-state index in [9.17, 15) is 9.59 Å². The zero-order valence-electron chi connectivity index (χ0n) is 8.30. The highest BCUT2D eigenvalue weighted by atomic mass is 32.1. The summed E-state index contributed by atoms with van der Waals surface area (Å²) < 4.78 is 1.14. The minimum Gasteiger partial charge on any atom is -0.480 e. The molecule has 2 heterocycles. The standard InChI is InChI=1S/C8H8N4O3S/c1-4-2-5(13)12-8(10-4)16-7(11-12)9-3-6(14)15/h2H,3H2,1H3,(H,9,11)(H,14,15). The number of nitrogens with one attached hydrogen (secondary N) is 1. The summed E-state index contributed by atoms with van der Waals surface area (Å²) in [4.78, 5) is 26.4. The maximum absolute atomic E-state index is 11.5. The molecule has 0 amide bonds. The molecule has 0 aromatic carbocycles. The zero-order valence-corrected chi connectivity index (χ0v) is 9.11. The van der Waals surface area contributed by atoms with E-state index in [1.807, 2.05) is 0 Å². The first-order valence-corrected chi connectivity index (χ1v) is 5.21. The number of aryl methyl sites for hydroxylation is 1. The van der Waals surface area contributed by atoms with Gasteiger partial charge in [0.15, 0.2) is 0 Å². The number of anilines is 1. The van der Waals surface area contributed by atoms with Crippen LogP contribution in [0.1, 0.15) is 5.69 Å². The lowest BCUT2D eigenvalue weighted by molar-refractivity contribution is -0.134. The molecule has 0 aliphatic heterocycles. The zero-order chi connectivity index (χ0) is 11.7. The highest BCUT2D eigenvalue weighted by Gasteiger charge is 2.07. The molecule has 2 aromatic heterocycles. The Balaban J connectivity index is 2.40. The Labute approximate surface area is 93.4 Å². The average molecular weight is 240 g/mol. The monoisotopic (exact) mass is 240 g/mol. The number of hydrogen-bond donors (Lipinski definition) is 2. The van der Waals surface area contributed by atoms with Crippen LogP contribution in [0, 0.1) is 6.92 Å². The van der Waals surface area contributed by atoms with E-state index in [1.54, 1.807) is 6.92 Å². The number of carboxylic acid groups (broad SMARTS) is 1. The van der Waals surface area contributed by atoms with Gasteiger partial charge in [0.05, 0.1) is 0 Å². The van der Waals surface area contributed by atoms with E-state index in [1.165, 1.54) is 6.07 Å². The predicted molar refractivity (Wildman–Crippen MR) is 58.0 cm³/mol. The maximum Gasteiger partial charge on any atom is 0.322 e. The minimum atomic E-state index is -0.990. The lowest BCUT2D eigenvalue weighted by Gasteiger charge is -1.93. The number of carbonyl (C=O) groups is 1. The van der Waals surface area contributed by atoms with Crippen molar-refractivity contribution in [3.63, 3.8) is 0 Å². The van der Waals surface area contributed by atoms with Gasteiger partial charge >= 0.3 is 5.97 Å². The first-order valence-electron chi connectivity index (χ1n) is 4.39. The van der Waals surface area contributed by atoms with Gasteiger partial charge in [-0.2, -0.15) is 4.52 Å². The molecule has 0 fully saturated rings. The number of carboxylic acids is 1. The van der Waals surface area contributed by atoms with E-state index in [-0.39, 0.29) is 12.1 Å². The summed E-state index contributed by atoms with van der Waals surface area (Å²) in [5, 5.41) is 15.3. The van der Waals surface area contributed by atoms with Crippen molar-refractivity contribution in [1.29, 1.82) is 0 Å². The fourth-order valence-electron chi connectivity index (χ4n) is 1.14. The molecule has 2 aromatic rings. The summed E-state index contributed by atoms with van der Waals surface area (Å²) >= 11 is 1.13. The first-order chi connectivity index (χ1) is 7.56. The maximum atomic E-state index is 11.5. The Morgan fingerprint density at radius 3 is 3.12 bits per heavy atom. The van der Waals surface area contributed by atoms with Crippen LogP contribution >= 0.6 is 11.3 Å². The molecule has 8 heteroatoms. The minimum absolute atomic E-state index is 0.243. The van der Waals surface area contributed by atoms with E-state index in [0.717, 1.165) is 15.9 Å². The molecule has 2 rings (SSSR count).